The highest BCUT2D eigenvalue weighted by atomic mass is 35.7. The Kier molecular flexibility index (Phi) is 5.75. The van der Waals surface area contributed by atoms with E-state index in [-0.39, 0.29) is 5.54 Å². The summed E-state index contributed by atoms with van der Waals surface area (Å²) in [5.74, 6) is 1.87. The molecule has 0 unspecified atom stereocenters. The maximum Gasteiger partial charge on any atom is 0.693 e. The van der Waals surface area contributed by atoms with Gasteiger partial charge in [-0.2, -0.15) is 0 Å². The molecular formula is C23H31Cl2N2Si+. The van der Waals surface area contributed by atoms with E-state index in [0.717, 1.165) is 11.4 Å². The molecule has 150 valence electrons. The second kappa shape index (κ2) is 7.51. The zero-order chi connectivity index (χ0) is 20.9. The highest BCUT2D eigenvalue weighted by Gasteiger charge is 2.70. The Morgan fingerprint density at radius 3 is 1.75 bits per heavy atom. The molecule has 0 N–H and O–H groups in total. The fourth-order valence-corrected chi connectivity index (χ4v) is 9.34. The van der Waals surface area contributed by atoms with E-state index in [0.29, 0.717) is 11.8 Å². The maximum atomic E-state index is 7.19. The van der Waals surface area contributed by atoms with Crippen molar-refractivity contribution in [2.45, 2.75) is 65.8 Å². The average molecular weight is 435 g/mol. The topological polar surface area (TPSA) is 6.25 Å². The molecule has 2 aromatic rings. The average Bonchev–Trinajstić information content (AvgIpc) is 2.59. The minimum Gasteiger partial charge on any atom is -0.245 e. The predicted octanol–water partition coefficient (Wildman–Crippen LogP) is 6.92. The van der Waals surface area contributed by atoms with Gasteiger partial charge in [0.25, 0.3) is 5.84 Å². The van der Waals surface area contributed by atoms with Crippen molar-refractivity contribution in [3.05, 3.63) is 65.2 Å². The van der Waals surface area contributed by atoms with Crippen LogP contribution in [-0.2, 0) is 0 Å². The zero-order valence-corrected chi connectivity index (χ0v) is 20.4. The number of halogens is 2. The van der Waals surface area contributed by atoms with E-state index in [2.05, 4.69) is 99.7 Å². The lowest BCUT2D eigenvalue weighted by molar-refractivity contribution is -0.488. The Bertz CT molecular complexity index is 870. The van der Waals surface area contributed by atoms with E-state index >= 15 is 0 Å². The lowest BCUT2D eigenvalue weighted by Gasteiger charge is -2.45. The molecule has 0 atom stereocenters. The minimum absolute atomic E-state index is 0.165. The minimum atomic E-state index is -2.91. The molecule has 0 saturated heterocycles. The molecule has 1 aliphatic heterocycles. The molecule has 1 heterocycles. The molecule has 3 rings (SSSR count). The Labute approximate surface area is 180 Å². The largest absolute Gasteiger partial charge is 0.693 e. The Hall–Kier alpha value is -1.29. The lowest BCUT2D eigenvalue weighted by atomic mass is 9.92. The van der Waals surface area contributed by atoms with Gasteiger partial charge in [-0.3, -0.25) is 0 Å². The van der Waals surface area contributed by atoms with Gasteiger partial charge in [0.15, 0.2) is 0 Å². The number of hydrogen-bond donors (Lipinski definition) is 0. The highest BCUT2D eigenvalue weighted by molar-refractivity contribution is 7.45. The van der Waals surface area contributed by atoms with Crippen molar-refractivity contribution in [1.82, 2.24) is 0 Å². The van der Waals surface area contributed by atoms with E-state index in [1.165, 1.54) is 16.8 Å². The number of amidine groups is 1. The Balaban J connectivity index is 2.35. The van der Waals surface area contributed by atoms with Gasteiger partial charge in [0.05, 0.1) is 11.1 Å². The van der Waals surface area contributed by atoms with Crippen LogP contribution in [0.5, 0.6) is 0 Å². The summed E-state index contributed by atoms with van der Waals surface area (Å²) in [4.78, 5) is 0. The van der Waals surface area contributed by atoms with Crippen LogP contribution in [0.4, 0.5) is 5.69 Å². The lowest BCUT2D eigenvalue weighted by Crippen LogP contribution is -2.75. The van der Waals surface area contributed by atoms with Crippen LogP contribution < -0.4 is 4.57 Å². The first-order valence-electron chi connectivity index (χ1n) is 10.0. The molecule has 0 spiro atoms. The number of anilines is 1. The van der Waals surface area contributed by atoms with E-state index in [1.54, 1.807) is 0 Å². The fraction of sp³-hybridized carbons (Fsp3) is 0.435. The van der Waals surface area contributed by atoms with Crippen LogP contribution in [0.3, 0.4) is 0 Å². The summed E-state index contributed by atoms with van der Waals surface area (Å²) in [6.07, 6.45) is 0. The molecular weight excluding hydrogens is 403 g/mol. The molecule has 0 amide bonds. The summed E-state index contributed by atoms with van der Waals surface area (Å²) in [5, 5.41) is 0. The van der Waals surface area contributed by atoms with E-state index in [9.17, 15) is 0 Å². The van der Waals surface area contributed by atoms with Crippen molar-refractivity contribution in [2.75, 3.05) is 4.57 Å². The molecule has 0 saturated carbocycles. The normalized spacial score (nSPS) is 16.8. The summed E-state index contributed by atoms with van der Waals surface area (Å²) in [7, 11) is -2.91. The van der Waals surface area contributed by atoms with Gasteiger partial charge in [-0.15, -0.1) is 0 Å². The zero-order valence-electron chi connectivity index (χ0n) is 17.9. The molecule has 1 aliphatic rings. The summed E-state index contributed by atoms with van der Waals surface area (Å²) < 4.78 is 4.51. The molecule has 2 aromatic carbocycles. The van der Waals surface area contributed by atoms with Crippen LogP contribution in [0.15, 0.2) is 48.5 Å². The molecule has 0 bridgehead atoms. The highest BCUT2D eigenvalue weighted by Crippen LogP contribution is 2.46. The van der Waals surface area contributed by atoms with Crippen molar-refractivity contribution >= 4 is 40.7 Å². The van der Waals surface area contributed by atoms with Crippen molar-refractivity contribution in [3.8, 4) is 0 Å². The smallest absolute Gasteiger partial charge is 0.245 e. The fourth-order valence-electron chi connectivity index (χ4n) is 3.99. The first-order valence-corrected chi connectivity index (χ1v) is 13.9. The van der Waals surface area contributed by atoms with Gasteiger partial charge >= 0.3 is 7.02 Å². The third-order valence-corrected chi connectivity index (χ3v) is 9.65. The van der Waals surface area contributed by atoms with Crippen LogP contribution in [-0.4, -0.2) is 22.6 Å². The van der Waals surface area contributed by atoms with Gasteiger partial charge in [0, 0.05) is 11.1 Å². The Morgan fingerprint density at radius 1 is 0.821 bits per heavy atom. The third kappa shape index (κ3) is 3.53. The quantitative estimate of drug-likeness (QED) is 0.374. The Morgan fingerprint density at radius 2 is 1.32 bits per heavy atom. The molecule has 28 heavy (non-hydrogen) atoms. The maximum absolute atomic E-state index is 7.19. The van der Waals surface area contributed by atoms with Gasteiger partial charge in [0.1, 0.15) is 5.69 Å². The van der Waals surface area contributed by atoms with Crippen LogP contribution in [0.1, 0.15) is 77.0 Å². The predicted molar refractivity (Wildman–Crippen MR) is 125 cm³/mol. The van der Waals surface area contributed by atoms with Crippen molar-refractivity contribution in [2.24, 2.45) is 0 Å². The molecule has 0 aromatic heterocycles. The second-order valence-electron chi connectivity index (χ2n) is 9.14. The van der Waals surface area contributed by atoms with Crippen LogP contribution in [0.25, 0.3) is 0 Å². The molecule has 2 nitrogen and oxygen atoms in total. The summed E-state index contributed by atoms with van der Waals surface area (Å²) in [5.41, 5.74) is 4.78. The second-order valence-corrected chi connectivity index (χ2v) is 14.8. The van der Waals surface area contributed by atoms with Crippen molar-refractivity contribution in [3.63, 3.8) is 0 Å². The van der Waals surface area contributed by atoms with Gasteiger partial charge in [0.2, 0.25) is 0 Å². The monoisotopic (exact) mass is 433 g/mol. The summed E-state index contributed by atoms with van der Waals surface area (Å²) >= 11 is 14.4. The van der Waals surface area contributed by atoms with E-state index in [4.69, 9.17) is 22.2 Å². The summed E-state index contributed by atoms with van der Waals surface area (Å²) in [6.45, 7) is 15.5. The van der Waals surface area contributed by atoms with Crippen molar-refractivity contribution in [1.29, 1.82) is 0 Å². The van der Waals surface area contributed by atoms with Gasteiger partial charge < -0.3 is 0 Å². The number of para-hydroxylation sites is 1. The first-order chi connectivity index (χ1) is 13.0. The van der Waals surface area contributed by atoms with E-state index < -0.39 is 7.02 Å². The number of rotatable bonds is 4. The number of benzene rings is 2. The summed E-state index contributed by atoms with van der Waals surface area (Å²) in [6, 6.07) is 17.1. The van der Waals surface area contributed by atoms with Crippen LogP contribution in [0.2, 0.25) is 0 Å². The first kappa shape index (κ1) is 21.4. The number of nitrogens with zero attached hydrogens (tertiary/aromatic N) is 2. The van der Waals surface area contributed by atoms with Gasteiger partial charge in [-0.25, -0.2) is 8.81 Å². The SMILES string of the molecule is CC(C)c1cccc(C(C)C)c1N1C(c2ccccc2)=[N+](C(C)(C)C)[Si]1(Cl)Cl. The van der Waals surface area contributed by atoms with Crippen molar-refractivity contribution < 1.29 is 4.24 Å². The molecule has 5 heteroatoms. The van der Waals surface area contributed by atoms with Crippen LogP contribution >= 0.6 is 22.2 Å². The van der Waals surface area contributed by atoms with Gasteiger partial charge in [-0.05, 0) is 66.9 Å². The number of hydrogen-bond acceptors (Lipinski definition) is 1. The molecule has 0 fully saturated rings. The van der Waals surface area contributed by atoms with Crippen LogP contribution in [0, 0.1) is 0 Å². The molecule has 0 aliphatic carbocycles. The van der Waals surface area contributed by atoms with E-state index in [1.807, 2.05) is 6.07 Å². The van der Waals surface area contributed by atoms with Gasteiger partial charge in [-0.1, -0.05) is 64.1 Å². The third-order valence-electron chi connectivity index (χ3n) is 5.23. The standard InChI is InChI=1S/C23H31Cl2N2Si/c1-16(2)19-14-11-15-20(17(3)4)21(19)26-22(18-12-9-8-10-13-18)27(23(5,6)7)28(26,24)25/h8-17H,1-7H3/q+1. The molecule has 0 radical (unpaired) electrons.